The number of fused-ring (bicyclic) bond motifs is 5. The van der Waals surface area contributed by atoms with E-state index in [1.165, 1.54) is 11.1 Å². The maximum Gasteiger partial charge on any atom is 0.333 e. The van der Waals surface area contributed by atoms with Crippen molar-refractivity contribution < 1.29 is 17.7 Å². The molecule has 0 radical (unpaired) electrons. The predicted molar refractivity (Wildman–Crippen MR) is 90.7 cm³/mol. The van der Waals surface area contributed by atoms with Crippen LogP contribution in [0.4, 0.5) is 0 Å². The Morgan fingerprint density at radius 2 is 2.04 bits per heavy atom. The van der Waals surface area contributed by atoms with Gasteiger partial charge in [0.2, 0.25) is 0 Å². The summed E-state index contributed by atoms with van der Waals surface area (Å²) < 4.78 is 28.1. The molecule has 0 bridgehead atoms. The highest BCUT2D eigenvalue weighted by Crippen LogP contribution is 2.61. The van der Waals surface area contributed by atoms with Crippen molar-refractivity contribution in [2.45, 2.75) is 57.5 Å². The smallest absolute Gasteiger partial charge is 0.333 e. The molecule has 1 aromatic rings. The summed E-state index contributed by atoms with van der Waals surface area (Å²) in [4.78, 5) is 0. The molecule has 6 heteroatoms. The summed E-state index contributed by atoms with van der Waals surface area (Å²) in [5.74, 6) is 1.90. The van der Waals surface area contributed by atoms with Gasteiger partial charge in [-0.2, -0.15) is 8.42 Å². The van der Waals surface area contributed by atoms with Crippen molar-refractivity contribution >= 4 is 10.3 Å². The Hall–Kier alpha value is -1.11. The maximum absolute atomic E-state index is 11.4. The highest BCUT2D eigenvalue weighted by Gasteiger charge is 2.56. The lowest BCUT2D eigenvalue weighted by molar-refractivity contribution is -0.00802. The highest BCUT2D eigenvalue weighted by atomic mass is 32.2. The molecule has 0 amide bonds. The minimum Gasteiger partial charge on any atom is -0.508 e. The number of phenolic OH excluding ortho intramolecular Hbond substituents is 1. The number of hydrogen-bond acceptors (Lipinski definition) is 4. The van der Waals surface area contributed by atoms with Gasteiger partial charge in [-0.05, 0) is 85.0 Å². The largest absolute Gasteiger partial charge is 0.508 e. The Kier molecular flexibility index (Phi) is 3.71. The van der Waals surface area contributed by atoms with Crippen molar-refractivity contribution in [3.8, 4) is 5.75 Å². The summed E-state index contributed by atoms with van der Waals surface area (Å²) in [7, 11) is -3.91. The number of aromatic hydroxyl groups is 1. The number of hydrogen-bond donors (Lipinski definition) is 2. The van der Waals surface area contributed by atoms with E-state index in [1.807, 2.05) is 6.07 Å². The third-order valence-electron chi connectivity index (χ3n) is 6.87. The van der Waals surface area contributed by atoms with E-state index in [0.717, 1.165) is 38.5 Å². The number of phenols is 1. The van der Waals surface area contributed by atoms with E-state index < -0.39 is 10.3 Å². The second-order valence-electron chi connectivity index (χ2n) is 8.00. The molecule has 1 aromatic carbocycles. The number of rotatable bonds is 2. The fourth-order valence-electron chi connectivity index (χ4n) is 5.84. The van der Waals surface area contributed by atoms with E-state index in [9.17, 15) is 13.5 Å². The first-order valence-corrected chi connectivity index (χ1v) is 10.3. The van der Waals surface area contributed by atoms with Gasteiger partial charge < -0.3 is 5.11 Å². The molecule has 5 nitrogen and oxygen atoms in total. The molecular weight excluding hydrogens is 326 g/mol. The van der Waals surface area contributed by atoms with Crippen LogP contribution < -0.4 is 5.14 Å². The molecule has 24 heavy (non-hydrogen) atoms. The first-order valence-electron chi connectivity index (χ1n) is 8.81. The van der Waals surface area contributed by atoms with Gasteiger partial charge in [-0.25, -0.2) is 5.14 Å². The van der Waals surface area contributed by atoms with Crippen LogP contribution in [0, 0.1) is 17.3 Å². The third kappa shape index (κ3) is 2.55. The van der Waals surface area contributed by atoms with Gasteiger partial charge in [0, 0.05) is 0 Å². The van der Waals surface area contributed by atoms with Gasteiger partial charge in [0.05, 0.1) is 6.10 Å². The molecule has 4 rings (SSSR count). The van der Waals surface area contributed by atoms with Gasteiger partial charge in [-0.1, -0.05) is 13.0 Å². The first kappa shape index (κ1) is 16.4. The molecule has 132 valence electrons. The van der Waals surface area contributed by atoms with Gasteiger partial charge in [0.15, 0.2) is 0 Å². The van der Waals surface area contributed by atoms with Crippen LogP contribution in [0.1, 0.15) is 56.1 Å². The van der Waals surface area contributed by atoms with Gasteiger partial charge in [0.25, 0.3) is 0 Å². The maximum atomic E-state index is 11.4. The van der Waals surface area contributed by atoms with Crippen molar-refractivity contribution in [2.75, 3.05) is 0 Å². The normalized spacial score (nSPS) is 38.2. The summed E-state index contributed by atoms with van der Waals surface area (Å²) in [6, 6.07) is 5.77. The van der Waals surface area contributed by atoms with Crippen LogP contribution in [0.5, 0.6) is 5.75 Å². The predicted octanol–water partition coefficient (Wildman–Crippen LogP) is 2.84. The SMILES string of the molecule is C[C@]12CC[C@@H]3c4ccc(O)cc4CC[C@H]3[C@@H]1CCC2OS(N)(=O)=O. The molecule has 0 aromatic heterocycles. The first-order chi connectivity index (χ1) is 11.3. The Labute approximate surface area is 143 Å². The molecule has 0 saturated heterocycles. The van der Waals surface area contributed by atoms with Crippen LogP contribution >= 0.6 is 0 Å². The molecule has 0 heterocycles. The van der Waals surface area contributed by atoms with Crippen LogP contribution in [0.3, 0.4) is 0 Å². The second kappa shape index (κ2) is 5.44. The zero-order valence-electron chi connectivity index (χ0n) is 13.9. The van der Waals surface area contributed by atoms with Crippen molar-refractivity contribution in [3.63, 3.8) is 0 Å². The highest BCUT2D eigenvalue weighted by molar-refractivity contribution is 7.84. The molecule has 0 spiro atoms. The van der Waals surface area contributed by atoms with Gasteiger partial charge in [0.1, 0.15) is 5.75 Å². The number of benzene rings is 1. The van der Waals surface area contributed by atoms with Crippen LogP contribution in [0.15, 0.2) is 18.2 Å². The molecule has 2 fully saturated rings. The molecule has 3 N–H and O–H groups in total. The second-order valence-corrected chi connectivity index (χ2v) is 9.18. The fourth-order valence-corrected chi connectivity index (χ4v) is 6.48. The molecule has 1 unspecified atom stereocenters. The zero-order valence-corrected chi connectivity index (χ0v) is 14.8. The molecule has 2 saturated carbocycles. The molecule has 3 aliphatic rings. The van der Waals surface area contributed by atoms with Crippen molar-refractivity contribution in [3.05, 3.63) is 29.3 Å². The Morgan fingerprint density at radius 3 is 2.79 bits per heavy atom. The van der Waals surface area contributed by atoms with Crippen molar-refractivity contribution in [1.82, 2.24) is 0 Å². The topological polar surface area (TPSA) is 89.6 Å². The van der Waals surface area contributed by atoms with E-state index in [1.54, 1.807) is 6.07 Å². The van der Waals surface area contributed by atoms with Gasteiger partial charge in [-0.3, -0.25) is 4.18 Å². The lowest BCUT2D eigenvalue weighted by atomic mass is 9.55. The number of aryl methyl sites for hydroxylation is 1. The van der Waals surface area contributed by atoms with Crippen LogP contribution in [-0.2, 0) is 20.9 Å². The van der Waals surface area contributed by atoms with E-state index in [0.29, 0.717) is 23.5 Å². The Morgan fingerprint density at radius 1 is 1.25 bits per heavy atom. The summed E-state index contributed by atoms with van der Waals surface area (Å²) in [6.07, 6.45) is 5.56. The minimum atomic E-state index is -3.91. The summed E-state index contributed by atoms with van der Waals surface area (Å²) in [5.41, 5.74) is 2.54. The Bertz CT molecular complexity index is 762. The average molecular weight is 351 g/mol. The van der Waals surface area contributed by atoms with Crippen molar-refractivity contribution in [1.29, 1.82) is 0 Å². The van der Waals surface area contributed by atoms with E-state index >= 15 is 0 Å². The van der Waals surface area contributed by atoms with Crippen molar-refractivity contribution in [2.24, 2.45) is 22.4 Å². The lowest BCUT2D eigenvalue weighted by Gasteiger charge is -2.50. The van der Waals surface area contributed by atoms with E-state index in [2.05, 4.69) is 13.0 Å². The number of nitrogens with two attached hydrogens (primary N) is 1. The van der Waals surface area contributed by atoms with Crippen LogP contribution in [0.25, 0.3) is 0 Å². The van der Waals surface area contributed by atoms with E-state index in [4.69, 9.17) is 9.32 Å². The minimum absolute atomic E-state index is 0.109. The fraction of sp³-hybridized carbons (Fsp3) is 0.667. The lowest BCUT2D eigenvalue weighted by Crippen LogP contribution is -2.45. The average Bonchev–Trinajstić information content (AvgIpc) is 2.82. The molecular formula is C18H25NO4S. The summed E-state index contributed by atoms with van der Waals surface area (Å²) in [6.45, 7) is 2.18. The van der Waals surface area contributed by atoms with Crippen LogP contribution in [-0.4, -0.2) is 19.6 Å². The summed E-state index contributed by atoms with van der Waals surface area (Å²) in [5, 5.41) is 14.9. The van der Waals surface area contributed by atoms with Gasteiger partial charge >= 0.3 is 10.3 Å². The van der Waals surface area contributed by atoms with Crippen LogP contribution in [0.2, 0.25) is 0 Å². The standard InChI is InChI=1S/C18H25NO4S/c1-18-9-8-14-13-5-3-12(20)10-11(13)2-4-15(14)16(18)6-7-17(18)23-24(19,21)22/h3,5,10,14-17,20H,2,4,6-9H2,1H3,(H2,19,21,22)/t14-,15-,16+,17?,18+/m1/s1. The summed E-state index contributed by atoms with van der Waals surface area (Å²) >= 11 is 0. The molecule has 3 aliphatic carbocycles. The quantitative estimate of drug-likeness (QED) is 0.857. The molecule has 0 aliphatic heterocycles. The Balaban J connectivity index is 1.63. The monoisotopic (exact) mass is 351 g/mol. The van der Waals surface area contributed by atoms with E-state index in [-0.39, 0.29) is 11.5 Å². The zero-order chi connectivity index (χ0) is 17.1. The third-order valence-corrected chi connectivity index (χ3v) is 7.37. The molecule has 5 atom stereocenters. The van der Waals surface area contributed by atoms with Gasteiger partial charge in [-0.15, -0.1) is 0 Å².